The molecular weight excluding hydrogens is 218 g/mol. The summed E-state index contributed by atoms with van der Waals surface area (Å²) in [6.45, 7) is 1.19. The second-order valence-electron chi connectivity index (χ2n) is 2.46. The van der Waals surface area contributed by atoms with Crippen molar-refractivity contribution in [1.29, 1.82) is 0 Å². The van der Waals surface area contributed by atoms with Crippen LogP contribution < -0.4 is 0 Å². The number of alkyl halides is 6. The molecule has 0 amide bonds. The smallest absolute Gasteiger partial charge is 0.368 e. The normalized spacial score (nSPS) is 16.1. The fourth-order valence-corrected chi connectivity index (χ4v) is 0.593. The van der Waals surface area contributed by atoms with Crippen LogP contribution in [0.4, 0.5) is 26.3 Å². The van der Waals surface area contributed by atoms with Gasteiger partial charge in [-0.2, -0.15) is 26.3 Å². The summed E-state index contributed by atoms with van der Waals surface area (Å²) in [7, 11) is 0. The molecule has 2 nitrogen and oxygen atoms in total. The molecule has 0 radical (unpaired) electrons. The molecule has 1 N–H and O–H groups in total. The molecule has 0 fully saturated rings. The lowest BCUT2D eigenvalue weighted by atomic mass is 10.3. The van der Waals surface area contributed by atoms with Crippen molar-refractivity contribution in [3.05, 3.63) is 0 Å². The maximum atomic E-state index is 11.8. The van der Waals surface area contributed by atoms with Gasteiger partial charge in [0.25, 0.3) is 6.10 Å². The molecule has 0 saturated heterocycles. The van der Waals surface area contributed by atoms with Gasteiger partial charge in [0, 0.05) is 0 Å². The second-order valence-corrected chi connectivity index (χ2v) is 2.46. The van der Waals surface area contributed by atoms with Gasteiger partial charge in [0.1, 0.15) is 0 Å². The Kier molecular flexibility index (Phi) is 4.19. The van der Waals surface area contributed by atoms with Gasteiger partial charge < -0.3 is 9.84 Å². The maximum Gasteiger partial charge on any atom is 0.423 e. The van der Waals surface area contributed by atoms with Crippen molar-refractivity contribution in [3.8, 4) is 0 Å². The van der Waals surface area contributed by atoms with E-state index in [4.69, 9.17) is 5.11 Å². The number of halogens is 6. The Morgan fingerprint density at radius 3 is 1.64 bits per heavy atom. The van der Waals surface area contributed by atoms with Crippen LogP contribution in [-0.2, 0) is 4.74 Å². The third kappa shape index (κ3) is 4.14. The fraction of sp³-hybridized carbons (Fsp3) is 1.00. The van der Waals surface area contributed by atoms with Crippen molar-refractivity contribution in [3.63, 3.8) is 0 Å². The molecule has 0 aromatic rings. The van der Waals surface area contributed by atoms with Gasteiger partial charge in [0.15, 0.2) is 6.29 Å². The molecule has 0 aromatic heterocycles. The van der Waals surface area contributed by atoms with E-state index in [0.29, 0.717) is 0 Å². The van der Waals surface area contributed by atoms with Crippen molar-refractivity contribution in [1.82, 2.24) is 0 Å². The summed E-state index contributed by atoms with van der Waals surface area (Å²) < 4.78 is 74.0. The minimum atomic E-state index is -5.58. The largest absolute Gasteiger partial charge is 0.423 e. The van der Waals surface area contributed by atoms with Crippen LogP contribution in [-0.4, -0.2) is 29.9 Å². The van der Waals surface area contributed by atoms with Crippen LogP contribution >= 0.6 is 0 Å². The maximum absolute atomic E-state index is 11.8. The minimum absolute atomic E-state index is 0.358. The van der Waals surface area contributed by atoms with E-state index in [2.05, 4.69) is 4.74 Å². The predicted octanol–water partition coefficient (Wildman–Crippen LogP) is 2.22. The summed E-state index contributed by atoms with van der Waals surface area (Å²) >= 11 is 0. The molecule has 0 heterocycles. The van der Waals surface area contributed by atoms with E-state index in [0.717, 1.165) is 0 Å². The molecule has 1 atom stereocenters. The number of hydrogen-bond donors (Lipinski definition) is 1. The SMILES string of the molecule is CCC(O)OC(C(F)(F)F)C(F)(F)F. The van der Waals surface area contributed by atoms with Crippen LogP contribution in [0.1, 0.15) is 13.3 Å². The topological polar surface area (TPSA) is 29.5 Å². The molecule has 0 aromatic carbocycles. The molecule has 0 bridgehead atoms. The van der Waals surface area contributed by atoms with Gasteiger partial charge in [-0.25, -0.2) is 0 Å². The molecule has 0 spiro atoms. The highest BCUT2D eigenvalue weighted by atomic mass is 19.4. The van der Waals surface area contributed by atoms with Crippen LogP contribution in [0.2, 0.25) is 0 Å². The zero-order chi connectivity index (χ0) is 11.6. The Labute approximate surface area is 75.5 Å². The lowest BCUT2D eigenvalue weighted by molar-refractivity contribution is -0.348. The summed E-state index contributed by atoms with van der Waals surface area (Å²) in [6.07, 6.45) is -17.5. The van der Waals surface area contributed by atoms with Gasteiger partial charge in [0.2, 0.25) is 0 Å². The lowest BCUT2D eigenvalue weighted by Gasteiger charge is -2.25. The standard InChI is InChI=1S/C6H8F6O2/c1-2-3(13)14-4(5(7,8)9)6(10,11)12/h3-4,13H,2H2,1H3. The molecule has 0 aliphatic rings. The average molecular weight is 226 g/mol. The van der Waals surface area contributed by atoms with E-state index in [1.54, 1.807) is 0 Å². The fourth-order valence-electron chi connectivity index (χ4n) is 0.593. The number of rotatable bonds is 3. The third-order valence-corrected chi connectivity index (χ3v) is 1.24. The van der Waals surface area contributed by atoms with Crippen molar-refractivity contribution in [2.45, 2.75) is 38.1 Å². The number of aliphatic hydroxyl groups is 1. The van der Waals surface area contributed by atoms with Gasteiger partial charge in [-0.3, -0.25) is 0 Å². The van der Waals surface area contributed by atoms with Crippen molar-refractivity contribution < 1.29 is 36.2 Å². The highest BCUT2D eigenvalue weighted by molar-refractivity contribution is 4.76. The van der Waals surface area contributed by atoms with Crippen LogP contribution in [0.25, 0.3) is 0 Å². The monoisotopic (exact) mass is 226 g/mol. The Morgan fingerprint density at radius 2 is 1.43 bits per heavy atom. The molecule has 0 rings (SSSR count). The molecule has 8 heteroatoms. The predicted molar refractivity (Wildman–Crippen MR) is 33.3 cm³/mol. The molecular formula is C6H8F6O2. The molecule has 0 saturated carbocycles. The van der Waals surface area contributed by atoms with Gasteiger partial charge in [-0.1, -0.05) is 6.92 Å². The Hall–Kier alpha value is -0.500. The summed E-state index contributed by atoms with van der Waals surface area (Å²) in [6, 6.07) is 0. The zero-order valence-corrected chi connectivity index (χ0v) is 6.99. The molecule has 1 unspecified atom stereocenters. The quantitative estimate of drug-likeness (QED) is 0.590. The lowest BCUT2D eigenvalue weighted by Crippen LogP contribution is -2.46. The van der Waals surface area contributed by atoms with Gasteiger partial charge in [-0.05, 0) is 6.42 Å². The third-order valence-electron chi connectivity index (χ3n) is 1.24. The Morgan fingerprint density at radius 1 is 1.07 bits per heavy atom. The van der Waals surface area contributed by atoms with E-state index < -0.39 is 24.7 Å². The Bertz CT molecular complexity index is 160. The van der Waals surface area contributed by atoms with Crippen LogP contribution in [0.15, 0.2) is 0 Å². The molecule has 0 aliphatic carbocycles. The highest BCUT2D eigenvalue weighted by Gasteiger charge is 2.58. The van der Waals surface area contributed by atoms with Crippen LogP contribution in [0.3, 0.4) is 0 Å². The molecule has 0 aliphatic heterocycles. The van der Waals surface area contributed by atoms with Gasteiger partial charge in [0.05, 0.1) is 0 Å². The summed E-state index contributed by atoms with van der Waals surface area (Å²) in [5.41, 5.74) is 0. The highest BCUT2D eigenvalue weighted by Crippen LogP contribution is 2.36. The Balaban J connectivity index is 4.59. The van der Waals surface area contributed by atoms with Gasteiger partial charge >= 0.3 is 12.4 Å². The van der Waals surface area contributed by atoms with E-state index in [1.165, 1.54) is 6.92 Å². The summed E-state index contributed by atoms with van der Waals surface area (Å²) in [5, 5.41) is 8.53. The van der Waals surface area contributed by atoms with E-state index >= 15 is 0 Å². The van der Waals surface area contributed by atoms with Gasteiger partial charge in [-0.15, -0.1) is 0 Å². The zero-order valence-electron chi connectivity index (χ0n) is 6.99. The minimum Gasteiger partial charge on any atom is -0.368 e. The van der Waals surface area contributed by atoms with Crippen molar-refractivity contribution in [2.24, 2.45) is 0 Å². The van der Waals surface area contributed by atoms with E-state index in [9.17, 15) is 26.3 Å². The van der Waals surface area contributed by atoms with Crippen molar-refractivity contribution in [2.75, 3.05) is 0 Å². The summed E-state index contributed by atoms with van der Waals surface area (Å²) in [5.74, 6) is 0. The summed E-state index contributed by atoms with van der Waals surface area (Å²) in [4.78, 5) is 0. The molecule has 86 valence electrons. The number of hydrogen-bond acceptors (Lipinski definition) is 2. The molecule has 14 heavy (non-hydrogen) atoms. The van der Waals surface area contributed by atoms with Crippen LogP contribution in [0, 0.1) is 0 Å². The van der Waals surface area contributed by atoms with Crippen LogP contribution in [0.5, 0.6) is 0 Å². The number of ether oxygens (including phenoxy) is 1. The first-order valence-corrected chi connectivity index (χ1v) is 3.56. The number of aliphatic hydroxyl groups excluding tert-OH is 1. The van der Waals surface area contributed by atoms with E-state index in [-0.39, 0.29) is 6.42 Å². The first-order chi connectivity index (χ1) is 6.09. The average Bonchev–Trinajstić information content (AvgIpc) is 1.95. The van der Waals surface area contributed by atoms with Crippen molar-refractivity contribution >= 4 is 0 Å². The first-order valence-electron chi connectivity index (χ1n) is 3.56. The first kappa shape index (κ1) is 13.5. The van der Waals surface area contributed by atoms with E-state index in [1.807, 2.05) is 0 Å². The second kappa shape index (κ2) is 4.35.